The van der Waals surface area contributed by atoms with E-state index >= 15 is 0 Å². The predicted molar refractivity (Wildman–Crippen MR) is 169 cm³/mol. The zero-order chi connectivity index (χ0) is 31.5. The van der Waals surface area contributed by atoms with Crippen molar-refractivity contribution in [2.45, 2.75) is 94.2 Å². The number of rotatable bonds is 8. The van der Waals surface area contributed by atoms with Crippen LogP contribution in [0.25, 0.3) is 5.57 Å². The Balaban J connectivity index is 0.000000500. The SMILES string of the molecule is C=C(C)c1c(F)ccc(C)c1C.C=C(Cc1cccc(C(F)(F)F)c1C)Nc1c(C)ccc(CC)c1CCC.CC. The first kappa shape index (κ1) is 35.7. The fourth-order valence-electron chi connectivity index (χ4n) is 4.79. The smallest absolute Gasteiger partial charge is 0.359 e. The van der Waals surface area contributed by atoms with E-state index in [2.05, 4.69) is 44.5 Å². The molecule has 224 valence electrons. The highest BCUT2D eigenvalue weighted by Gasteiger charge is 2.32. The van der Waals surface area contributed by atoms with E-state index in [9.17, 15) is 17.6 Å². The van der Waals surface area contributed by atoms with Crippen molar-refractivity contribution in [2.75, 3.05) is 5.32 Å². The molecule has 41 heavy (non-hydrogen) atoms. The molecule has 0 saturated heterocycles. The Morgan fingerprint density at radius 2 is 1.44 bits per heavy atom. The monoisotopic (exact) mass is 569 g/mol. The molecule has 3 aromatic rings. The maximum absolute atomic E-state index is 13.2. The molecule has 0 spiro atoms. The second kappa shape index (κ2) is 16.2. The highest BCUT2D eigenvalue weighted by Crippen LogP contribution is 2.34. The number of hydrogen-bond donors (Lipinski definition) is 1. The van der Waals surface area contributed by atoms with Crippen molar-refractivity contribution in [1.29, 1.82) is 0 Å². The largest absolute Gasteiger partial charge is 0.416 e. The molecule has 1 N–H and O–H groups in total. The zero-order valence-electron chi connectivity index (χ0n) is 26.3. The summed E-state index contributed by atoms with van der Waals surface area (Å²) in [6, 6.07) is 11.9. The summed E-state index contributed by atoms with van der Waals surface area (Å²) < 4.78 is 52.7. The summed E-state index contributed by atoms with van der Waals surface area (Å²) in [6.45, 7) is 25.4. The molecular formula is C36H47F4N. The van der Waals surface area contributed by atoms with Gasteiger partial charge in [-0.05, 0) is 104 Å². The third kappa shape index (κ3) is 9.62. The second-order valence-electron chi connectivity index (χ2n) is 10.1. The molecule has 0 aliphatic carbocycles. The van der Waals surface area contributed by atoms with Gasteiger partial charge in [-0.25, -0.2) is 4.39 Å². The van der Waals surface area contributed by atoms with Crippen LogP contribution in [0.4, 0.5) is 23.2 Å². The fraction of sp³-hybridized carbons (Fsp3) is 0.389. The molecule has 0 unspecified atom stereocenters. The second-order valence-corrected chi connectivity index (χ2v) is 10.1. The summed E-state index contributed by atoms with van der Waals surface area (Å²) in [5, 5.41) is 3.40. The molecule has 0 saturated carbocycles. The number of nitrogens with one attached hydrogen (secondary N) is 1. The van der Waals surface area contributed by atoms with E-state index in [1.165, 1.54) is 30.2 Å². The predicted octanol–water partition coefficient (Wildman–Crippen LogP) is 11.5. The van der Waals surface area contributed by atoms with Crippen LogP contribution in [-0.4, -0.2) is 0 Å². The molecule has 0 aliphatic heterocycles. The minimum absolute atomic E-state index is 0.175. The first-order chi connectivity index (χ1) is 19.2. The summed E-state index contributed by atoms with van der Waals surface area (Å²) in [5.74, 6) is -0.175. The van der Waals surface area contributed by atoms with Gasteiger partial charge in [-0.3, -0.25) is 0 Å². The van der Waals surface area contributed by atoms with E-state index in [1.54, 1.807) is 12.1 Å². The summed E-state index contributed by atoms with van der Waals surface area (Å²) in [4.78, 5) is 0. The molecule has 0 radical (unpaired) electrons. The Labute approximate surface area is 245 Å². The summed E-state index contributed by atoms with van der Waals surface area (Å²) in [6.07, 6.45) is -1.04. The molecule has 0 atom stereocenters. The van der Waals surface area contributed by atoms with Crippen molar-refractivity contribution < 1.29 is 17.6 Å². The van der Waals surface area contributed by atoms with Gasteiger partial charge in [0.1, 0.15) is 5.82 Å². The Morgan fingerprint density at radius 3 is 1.95 bits per heavy atom. The molecule has 3 aromatic carbocycles. The van der Waals surface area contributed by atoms with Crippen molar-refractivity contribution in [3.8, 4) is 0 Å². The molecule has 0 amide bonds. The third-order valence-corrected chi connectivity index (χ3v) is 7.07. The van der Waals surface area contributed by atoms with Crippen LogP contribution in [0.2, 0.25) is 0 Å². The topological polar surface area (TPSA) is 12.0 Å². The van der Waals surface area contributed by atoms with Crippen LogP contribution in [0.15, 0.2) is 61.3 Å². The van der Waals surface area contributed by atoms with Crippen LogP contribution < -0.4 is 5.32 Å². The number of benzene rings is 3. The van der Waals surface area contributed by atoms with Crippen molar-refractivity contribution in [1.82, 2.24) is 0 Å². The summed E-state index contributed by atoms with van der Waals surface area (Å²) >= 11 is 0. The third-order valence-electron chi connectivity index (χ3n) is 7.07. The number of anilines is 1. The molecular weight excluding hydrogens is 522 g/mol. The van der Waals surface area contributed by atoms with Gasteiger partial charge in [-0.15, -0.1) is 0 Å². The van der Waals surface area contributed by atoms with Crippen molar-refractivity contribution in [3.05, 3.63) is 117 Å². The lowest BCUT2D eigenvalue weighted by Gasteiger charge is -2.20. The van der Waals surface area contributed by atoms with Crippen molar-refractivity contribution >= 4 is 11.3 Å². The number of aryl methyl sites for hydroxylation is 3. The van der Waals surface area contributed by atoms with E-state index in [0.717, 1.165) is 53.3 Å². The average molecular weight is 570 g/mol. The minimum Gasteiger partial charge on any atom is -0.359 e. The van der Waals surface area contributed by atoms with Gasteiger partial charge >= 0.3 is 6.18 Å². The molecule has 0 heterocycles. The number of halogens is 4. The molecule has 0 fully saturated rings. The maximum Gasteiger partial charge on any atom is 0.416 e. The zero-order valence-corrected chi connectivity index (χ0v) is 26.3. The van der Waals surface area contributed by atoms with E-state index < -0.39 is 11.7 Å². The number of hydrogen-bond acceptors (Lipinski definition) is 1. The molecule has 0 aromatic heterocycles. The Morgan fingerprint density at radius 1 is 0.829 bits per heavy atom. The van der Waals surface area contributed by atoms with Crippen molar-refractivity contribution in [3.63, 3.8) is 0 Å². The highest BCUT2D eigenvalue weighted by molar-refractivity contribution is 5.66. The van der Waals surface area contributed by atoms with Gasteiger partial charge in [0.2, 0.25) is 0 Å². The van der Waals surface area contributed by atoms with E-state index in [0.29, 0.717) is 23.2 Å². The van der Waals surface area contributed by atoms with Crippen LogP contribution in [-0.2, 0) is 25.4 Å². The lowest BCUT2D eigenvalue weighted by molar-refractivity contribution is -0.138. The molecule has 0 bridgehead atoms. The Kier molecular flexibility index (Phi) is 14.1. The average Bonchev–Trinajstić information content (AvgIpc) is 2.90. The van der Waals surface area contributed by atoms with Gasteiger partial charge < -0.3 is 5.32 Å². The van der Waals surface area contributed by atoms with Gasteiger partial charge in [-0.2, -0.15) is 13.2 Å². The Hall–Kier alpha value is -3.34. The van der Waals surface area contributed by atoms with Crippen LogP contribution in [0.1, 0.15) is 91.1 Å². The first-order valence-corrected chi connectivity index (χ1v) is 14.4. The molecule has 1 nitrogen and oxygen atoms in total. The van der Waals surface area contributed by atoms with Gasteiger partial charge in [-0.1, -0.05) is 77.6 Å². The van der Waals surface area contributed by atoms with Gasteiger partial charge in [0.05, 0.1) is 5.56 Å². The summed E-state index contributed by atoms with van der Waals surface area (Å²) in [5.41, 5.74) is 9.32. The fourth-order valence-corrected chi connectivity index (χ4v) is 4.79. The first-order valence-electron chi connectivity index (χ1n) is 14.4. The van der Waals surface area contributed by atoms with Gasteiger partial charge in [0, 0.05) is 23.4 Å². The number of alkyl halides is 3. The van der Waals surface area contributed by atoms with Gasteiger partial charge in [0.15, 0.2) is 0 Å². The molecule has 3 rings (SSSR count). The summed E-state index contributed by atoms with van der Waals surface area (Å²) in [7, 11) is 0. The van der Waals surface area contributed by atoms with Gasteiger partial charge in [0.25, 0.3) is 0 Å². The van der Waals surface area contributed by atoms with Crippen molar-refractivity contribution in [2.24, 2.45) is 0 Å². The Bertz CT molecular complexity index is 1330. The van der Waals surface area contributed by atoms with E-state index in [-0.39, 0.29) is 11.4 Å². The lowest BCUT2D eigenvalue weighted by atomic mass is 9.95. The molecule has 5 heteroatoms. The highest BCUT2D eigenvalue weighted by atomic mass is 19.4. The van der Waals surface area contributed by atoms with Crippen LogP contribution >= 0.6 is 0 Å². The normalized spacial score (nSPS) is 10.7. The maximum atomic E-state index is 13.2. The lowest BCUT2D eigenvalue weighted by Crippen LogP contribution is -2.11. The number of allylic oxidation sites excluding steroid dienone is 2. The standard InChI is InChI=1S/C23H28F3N.C11H13F.C2H6/c1-6-9-20-18(7-2)13-12-15(3)22(20)27-16(4)14-19-10-8-11-21(17(19)5)23(24,25)26;1-7(2)11-9(4)8(3)5-6-10(11)12;1-2/h8,10-13,27H,4,6-7,9,14H2,1-3,5H3;5-6H,1H2,2-4H3;1-2H3. The molecule has 0 aliphatic rings. The minimum atomic E-state index is -4.34. The van der Waals surface area contributed by atoms with Crippen LogP contribution in [0.3, 0.4) is 0 Å². The quantitative estimate of drug-likeness (QED) is 0.266. The van der Waals surface area contributed by atoms with E-state index in [1.807, 2.05) is 41.5 Å². The van der Waals surface area contributed by atoms with E-state index in [4.69, 9.17) is 0 Å². The van der Waals surface area contributed by atoms with Crippen LogP contribution in [0, 0.1) is 33.5 Å². The van der Waals surface area contributed by atoms with Crippen LogP contribution in [0.5, 0.6) is 0 Å².